The summed E-state index contributed by atoms with van der Waals surface area (Å²) in [4.78, 5) is 18.6. The molecule has 0 spiro atoms. The summed E-state index contributed by atoms with van der Waals surface area (Å²) in [6, 6.07) is 4.00. The molecular weight excluding hydrogens is 226 g/mol. The lowest BCUT2D eigenvalue weighted by molar-refractivity contribution is 0.0692. The lowest BCUT2D eigenvalue weighted by atomic mass is 10.1. The predicted octanol–water partition coefficient (Wildman–Crippen LogP) is 2.53. The van der Waals surface area contributed by atoms with E-state index in [2.05, 4.69) is 17.2 Å². The van der Waals surface area contributed by atoms with Crippen molar-refractivity contribution < 1.29 is 4.79 Å². The Morgan fingerprint density at radius 3 is 3.06 bits per heavy atom. The Labute approximate surface area is 108 Å². The van der Waals surface area contributed by atoms with E-state index < -0.39 is 0 Å². The van der Waals surface area contributed by atoms with Crippen LogP contribution in [0.5, 0.6) is 0 Å². The third-order valence-electron chi connectivity index (χ3n) is 3.58. The number of nitrogens with one attached hydrogen (secondary N) is 1. The third-order valence-corrected chi connectivity index (χ3v) is 3.58. The summed E-state index contributed by atoms with van der Waals surface area (Å²) in [7, 11) is 1.85. The highest BCUT2D eigenvalue weighted by atomic mass is 16.2. The Balaban J connectivity index is 2.18. The van der Waals surface area contributed by atoms with Crippen molar-refractivity contribution in [3.8, 4) is 0 Å². The molecule has 2 heterocycles. The molecule has 1 fully saturated rings. The van der Waals surface area contributed by atoms with E-state index >= 15 is 0 Å². The van der Waals surface area contributed by atoms with Gasteiger partial charge in [-0.15, -0.1) is 0 Å². The number of aromatic nitrogens is 1. The van der Waals surface area contributed by atoms with E-state index in [0.29, 0.717) is 11.7 Å². The number of likely N-dealkylation sites (tertiary alicyclic amines) is 1. The van der Waals surface area contributed by atoms with Crippen molar-refractivity contribution in [1.82, 2.24) is 9.88 Å². The van der Waals surface area contributed by atoms with Crippen LogP contribution in [-0.2, 0) is 0 Å². The molecule has 4 nitrogen and oxygen atoms in total. The Bertz CT molecular complexity index is 419. The van der Waals surface area contributed by atoms with Crippen molar-refractivity contribution in [3.05, 3.63) is 24.0 Å². The van der Waals surface area contributed by atoms with Gasteiger partial charge in [0.1, 0.15) is 5.69 Å². The SMILES string of the molecule is CNc1ccnc(C(=O)N2CCCCCC2C)c1. The molecule has 1 aromatic heterocycles. The molecule has 1 N–H and O–H groups in total. The summed E-state index contributed by atoms with van der Waals surface area (Å²) < 4.78 is 0. The fourth-order valence-electron chi connectivity index (χ4n) is 2.43. The maximum atomic E-state index is 12.5. The minimum Gasteiger partial charge on any atom is -0.388 e. The lowest BCUT2D eigenvalue weighted by Crippen LogP contribution is -2.38. The molecule has 4 heteroatoms. The average molecular weight is 247 g/mol. The van der Waals surface area contributed by atoms with Crippen LogP contribution in [0.2, 0.25) is 0 Å². The van der Waals surface area contributed by atoms with E-state index in [4.69, 9.17) is 0 Å². The summed E-state index contributed by atoms with van der Waals surface area (Å²) >= 11 is 0. The fraction of sp³-hybridized carbons (Fsp3) is 0.571. The first-order valence-electron chi connectivity index (χ1n) is 6.67. The quantitative estimate of drug-likeness (QED) is 0.873. The number of carbonyl (C=O) groups excluding carboxylic acids is 1. The number of nitrogens with zero attached hydrogens (tertiary/aromatic N) is 2. The maximum Gasteiger partial charge on any atom is 0.272 e. The molecular formula is C14H21N3O. The van der Waals surface area contributed by atoms with Gasteiger partial charge < -0.3 is 10.2 Å². The minimum absolute atomic E-state index is 0.0569. The van der Waals surface area contributed by atoms with Gasteiger partial charge in [0, 0.05) is 31.5 Å². The van der Waals surface area contributed by atoms with E-state index in [1.165, 1.54) is 12.8 Å². The van der Waals surface area contributed by atoms with E-state index in [9.17, 15) is 4.79 Å². The monoisotopic (exact) mass is 247 g/mol. The van der Waals surface area contributed by atoms with Crippen molar-refractivity contribution in [2.75, 3.05) is 18.9 Å². The van der Waals surface area contributed by atoms with E-state index in [-0.39, 0.29) is 5.91 Å². The van der Waals surface area contributed by atoms with E-state index in [1.807, 2.05) is 24.1 Å². The highest BCUT2D eigenvalue weighted by Gasteiger charge is 2.23. The zero-order chi connectivity index (χ0) is 13.0. The highest BCUT2D eigenvalue weighted by molar-refractivity contribution is 5.93. The topological polar surface area (TPSA) is 45.2 Å². The van der Waals surface area contributed by atoms with Crippen molar-refractivity contribution in [2.24, 2.45) is 0 Å². The molecule has 0 bridgehead atoms. The number of amides is 1. The second kappa shape index (κ2) is 5.85. The van der Waals surface area contributed by atoms with Gasteiger partial charge >= 0.3 is 0 Å². The molecule has 1 atom stereocenters. The van der Waals surface area contributed by atoms with Crippen LogP contribution in [0.3, 0.4) is 0 Å². The van der Waals surface area contributed by atoms with Crippen LogP contribution in [0.4, 0.5) is 5.69 Å². The molecule has 0 aliphatic carbocycles. The second-order valence-electron chi connectivity index (χ2n) is 4.88. The molecule has 1 amide bonds. The molecule has 1 aliphatic rings. The van der Waals surface area contributed by atoms with Gasteiger partial charge in [-0.3, -0.25) is 9.78 Å². The van der Waals surface area contributed by atoms with Crippen LogP contribution in [0.25, 0.3) is 0 Å². The lowest BCUT2D eigenvalue weighted by Gasteiger charge is -2.26. The van der Waals surface area contributed by atoms with Gasteiger partial charge in [-0.25, -0.2) is 0 Å². The van der Waals surface area contributed by atoms with Crippen molar-refractivity contribution in [3.63, 3.8) is 0 Å². The molecule has 2 rings (SSSR count). The number of pyridine rings is 1. The first-order valence-corrected chi connectivity index (χ1v) is 6.67. The summed E-state index contributed by atoms with van der Waals surface area (Å²) in [6.07, 6.45) is 6.31. The van der Waals surface area contributed by atoms with Crippen molar-refractivity contribution in [1.29, 1.82) is 0 Å². The molecule has 18 heavy (non-hydrogen) atoms. The van der Waals surface area contributed by atoms with Gasteiger partial charge in [-0.2, -0.15) is 0 Å². The summed E-state index contributed by atoms with van der Waals surface area (Å²) in [5.41, 5.74) is 1.46. The van der Waals surface area contributed by atoms with Crippen molar-refractivity contribution in [2.45, 2.75) is 38.6 Å². The van der Waals surface area contributed by atoms with E-state index in [0.717, 1.165) is 25.1 Å². The largest absolute Gasteiger partial charge is 0.388 e. The normalized spacial score (nSPS) is 20.3. The molecule has 0 radical (unpaired) electrons. The predicted molar refractivity (Wildman–Crippen MR) is 72.8 cm³/mol. The van der Waals surface area contributed by atoms with Crippen LogP contribution in [0.1, 0.15) is 43.1 Å². The fourth-order valence-corrected chi connectivity index (χ4v) is 2.43. The van der Waals surface area contributed by atoms with Crippen LogP contribution < -0.4 is 5.32 Å². The number of anilines is 1. The average Bonchev–Trinajstić information content (AvgIpc) is 2.62. The van der Waals surface area contributed by atoms with Crippen LogP contribution in [0, 0.1) is 0 Å². The standard InChI is InChI=1S/C14H21N3O/c1-11-6-4-3-5-9-17(11)14(18)13-10-12(15-2)7-8-16-13/h7-8,10-11H,3-6,9H2,1-2H3,(H,15,16). The minimum atomic E-state index is 0.0569. The summed E-state index contributed by atoms with van der Waals surface area (Å²) in [6.45, 7) is 2.98. The van der Waals surface area contributed by atoms with Gasteiger partial charge in [0.05, 0.1) is 0 Å². The van der Waals surface area contributed by atoms with Crippen LogP contribution >= 0.6 is 0 Å². The summed E-state index contributed by atoms with van der Waals surface area (Å²) in [5.74, 6) is 0.0569. The van der Waals surface area contributed by atoms with Gasteiger partial charge in [0.15, 0.2) is 0 Å². The number of carbonyl (C=O) groups is 1. The Morgan fingerprint density at radius 2 is 2.28 bits per heavy atom. The third kappa shape index (κ3) is 2.81. The van der Waals surface area contributed by atoms with Gasteiger partial charge in [0.2, 0.25) is 0 Å². The number of rotatable bonds is 2. The van der Waals surface area contributed by atoms with Crippen LogP contribution in [-0.4, -0.2) is 35.4 Å². The molecule has 0 saturated carbocycles. The van der Waals surface area contributed by atoms with Gasteiger partial charge in [-0.05, 0) is 31.9 Å². The molecule has 1 saturated heterocycles. The zero-order valence-corrected chi connectivity index (χ0v) is 11.1. The highest BCUT2D eigenvalue weighted by Crippen LogP contribution is 2.19. The molecule has 1 aromatic rings. The molecule has 1 unspecified atom stereocenters. The van der Waals surface area contributed by atoms with Crippen LogP contribution in [0.15, 0.2) is 18.3 Å². The molecule has 98 valence electrons. The molecule has 0 aromatic carbocycles. The maximum absolute atomic E-state index is 12.5. The summed E-state index contributed by atoms with van der Waals surface area (Å²) in [5, 5.41) is 3.04. The first kappa shape index (κ1) is 12.9. The second-order valence-corrected chi connectivity index (χ2v) is 4.88. The van der Waals surface area contributed by atoms with Gasteiger partial charge in [-0.1, -0.05) is 12.8 Å². The smallest absolute Gasteiger partial charge is 0.272 e. The number of hydrogen-bond acceptors (Lipinski definition) is 3. The van der Waals surface area contributed by atoms with Gasteiger partial charge in [0.25, 0.3) is 5.91 Å². The Hall–Kier alpha value is -1.58. The zero-order valence-electron chi connectivity index (χ0n) is 11.1. The van der Waals surface area contributed by atoms with Crippen molar-refractivity contribution >= 4 is 11.6 Å². The number of hydrogen-bond donors (Lipinski definition) is 1. The Morgan fingerprint density at radius 1 is 1.44 bits per heavy atom. The first-order chi connectivity index (χ1) is 8.72. The molecule has 1 aliphatic heterocycles. The Kier molecular flexibility index (Phi) is 4.18. The van der Waals surface area contributed by atoms with E-state index in [1.54, 1.807) is 6.20 Å².